The number of carboxylic acid groups (broad SMARTS) is 1. The Kier molecular flexibility index (Phi) is 5.95. The number of carbonyl (C=O) groups excluding carboxylic acids is 1. The van der Waals surface area contributed by atoms with Crippen molar-refractivity contribution < 1.29 is 24.0 Å². The molecule has 172 valence electrons. The van der Waals surface area contributed by atoms with E-state index in [4.69, 9.17) is 14.4 Å². The van der Waals surface area contributed by atoms with Crippen molar-refractivity contribution in [1.82, 2.24) is 20.1 Å². The van der Waals surface area contributed by atoms with E-state index >= 15 is 0 Å². The van der Waals surface area contributed by atoms with Gasteiger partial charge in [-0.3, -0.25) is 14.6 Å². The zero-order valence-corrected chi connectivity index (χ0v) is 18.6. The molecule has 1 aliphatic rings. The van der Waals surface area contributed by atoms with Crippen molar-refractivity contribution >= 4 is 29.1 Å². The van der Waals surface area contributed by atoms with Crippen LogP contribution in [-0.2, 0) is 9.59 Å². The van der Waals surface area contributed by atoms with Crippen LogP contribution in [0, 0.1) is 25.7 Å². The molecule has 11 heteroatoms. The number of anilines is 3. The molecule has 11 nitrogen and oxygen atoms in total. The van der Waals surface area contributed by atoms with E-state index in [1.54, 1.807) is 32.2 Å². The maximum absolute atomic E-state index is 12.3. The van der Waals surface area contributed by atoms with Crippen LogP contribution in [0.15, 0.2) is 29.0 Å². The van der Waals surface area contributed by atoms with Gasteiger partial charge in [-0.2, -0.15) is 4.98 Å². The van der Waals surface area contributed by atoms with Gasteiger partial charge < -0.3 is 25.0 Å². The smallest absolute Gasteiger partial charge is 0.307 e. The second-order valence-corrected chi connectivity index (χ2v) is 8.11. The second kappa shape index (κ2) is 8.85. The Morgan fingerprint density at radius 1 is 1.15 bits per heavy atom. The van der Waals surface area contributed by atoms with Gasteiger partial charge in [-0.1, -0.05) is 5.16 Å². The number of hydrogen-bond donors (Lipinski definition) is 3. The lowest BCUT2D eigenvalue weighted by Gasteiger charge is -2.11. The van der Waals surface area contributed by atoms with Crippen LogP contribution in [0.5, 0.6) is 5.88 Å². The number of carboxylic acids is 1. The Morgan fingerprint density at radius 3 is 2.61 bits per heavy atom. The highest BCUT2D eigenvalue weighted by molar-refractivity contribution is 5.98. The first-order valence-electron chi connectivity index (χ1n) is 10.5. The van der Waals surface area contributed by atoms with Crippen LogP contribution in [-0.4, -0.2) is 43.2 Å². The van der Waals surface area contributed by atoms with Gasteiger partial charge in [0.15, 0.2) is 5.82 Å². The number of rotatable bonds is 8. The zero-order chi connectivity index (χ0) is 23.7. The maximum Gasteiger partial charge on any atom is 0.307 e. The van der Waals surface area contributed by atoms with Crippen molar-refractivity contribution in [2.45, 2.75) is 40.2 Å². The molecule has 0 aliphatic heterocycles. The first-order valence-corrected chi connectivity index (χ1v) is 10.5. The normalized spacial score (nSPS) is 17.0. The third kappa shape index (κ3) is 4.92. The van der Waals surface area contributed by atoms with E-state index in [2.05, 4.69) is 30.7 Å². The van der Waals surface area contributed by atoms with Crippen molar-refractivity contribution in [2.75, 3.05) is 10.6 Å². The highest BCUT2D eigenvalue weighted by Gasteiger charge is 2.48. The number of aryl methyl sites for hydroxylation is 2. The van der Waals surface area contributed by atoms with Gasteiger partial charge in [0.25, 0.3) is 0 Å². The lowest BCUT2D eigenvalue weighted by molar-refractivity contribution is -0.139. The second-order valence-electron chi connectivity index (χ2n) is 8.11. The predicted molar refractivity (Wildman–Crippen MR) is 118 cm³/mol. The number of nitrogens with one attached hydrogen (secondary N) is 2. The number of nitrogens with zero attached hydrogens (tertiary/aromatic N) is 4. The largest absolute Gasteiger partial charge is 0.481 e. The molecule has 1 aliphatic carbocycles. The summed E-state index contributed by atoms with van der Waals surface area (Å²) < 4.78 is 11.1. The van der Waals surface area contributed by atoms with E-state index in [9.17, 15) is 9.59 Å². The summed E-state index contributed by atoms with van der Waals surface area (Å²) in [5, 5.41) is 19.0. The molecule has 3 aromatic heterocycles. The number of hydrogen-bond acceptors (Lipinski definition) is 9. The molecule has 3 aromatic rings. The predicted octanol–water partition coefficient (Wildman–Crippen LogP) is 3.33. The summed E-state index contributed by atoms with van der Waals surface area (Å²) in [4.78, 5) is 36.4. The quantitative estimate of drug-likeness (QED) is 0.464. The van der Waals surface area contributed by atoms with Crippen LogP contribution < -0.4 is 15.4 Å². The van der Waals surface area contributed by atoms with E-state index < -0.39 is 17.8 Å². The first-order chi connectivity index (χ1) is 15.7. The molecule has 0 aromatic carbocycles. The molecule has 3 N–H and O–H groups in total. The van der Waals surface area contributed by atoms with Crippen LogP contribution in [0.2, 0.25) is 0 Å². The van der Waals surface area contributed by atoms with Gasteiger partial charge in [0, 0.05) is 0 Å². The number of carbonyl (C=O) groups is 2. The molecule has 0 spiro atoms. The topological polar surface area (TPSA) is 152 Å². The monoisotopic (exact) mass is 452 g/mol. The SMILES string of the molecule is Cc1nc(-c2onc(C)c2Nc2cncc(OC(C)C)n2)ccc1NC(=O)[C@@H]1C[C@H]1C(=O)O. The van der Waals surface area contributed by atoms with E-state index in [1.165, 1.54) is 6.20 Å². The maximum atomic E-state index is 12.3. The Bertz CT molecular complexity index is 1210. The lowest BCUT2D eigenvalue weighted by atomic mass is 10.2. The Balaban J connectivity index is 1.53. The third-order valence-electron chi connectivity index (χ3n) is 5.11. The molecular formula is C22H24N6O5. The van der Waals surface area contributed by atoms with Gasteiger partial charge >= 0.3 is 5.97 Å². The summed E-state index contributed by atoms with van der Waals surface area (Å²) in [7, 11) is 0. The minimum absolute atomic E-state index is 0.0384. The molecule has 33 heavy (non-hydrogen) atoms. The molecule has 1 amide bonds. The minimum Gasteiger partial charge on any atom is -0.481 e. The van der Waals surface area contributed by atoms with Crippen molar-refractivity contribution in [1.29, 1.82) is 0 Å². The van der Waals surface area contributed by atoms with Crippen LogP contribution in [0.3, 0.4) is 0 Å². The summed E-state index contributed by atoms with van der Waals surface area (Å²) in [6, 6.07) is 3.39. The molecule has 0 saturated heterocycles. The van der Waals surface area contributed by atoms with Gasteiger partial charge in [0.1, 0.15) is 17.1 Å². The van der Waals surface area contributed by atoms with Crippen LogP contribution in [0.25, 0.3) is 11.5 Å². The average molecular weight is 452 g/mol. The summed E-state index contributed by atoms with van der Waals surface area (Å²) >= 11 is 0. The van der Waals surface area contributed by atoms with Crippen LogP contribution >= 0.6 is 0 Å². The van der Waals surface area contributed by atoms with Crippen molar-refractivity contribution in [3.8, 4) is 17.3 Å². The molecule has 3 heterocycles. The Labute approximate surface area is 189 Å². The zero-order valence-electron chi connectivity index (χ0n) is 18.6. The van der Waals surface area contributed by atoms with Crippen molar-refractivity contribution in [3.63, 3.8) is 0 Å². The average Bonchev–Trinajstić information content (AvgIpc) is 3.49. The molecule has 4 rings (SSSR count). The van der Waals surface area contributed by atoms with Gasteiger partial charge in [-0.15, -0.1) is 0 Å². The summed E-state index contributed by atoms with van der Waals surface area (Å²) in [6.45, 7) is 7.33. The molecule has 0 radical (unpaired) electrons. The fourth-order valence-electron chi connectivity index (χ4n) is 3.33. The number of ether oxygens (including phenoxy) is 1. The lowest BCUT2D eigenvalue weighted by Crippen LogP contribution is -2.17. The minimum atomic E-state index is -0.952. The summed E-state index contributed by atoms with van der Waals surface area (Å²) in [5.41, 5.74) is 2.76. The molecule has 0 bridgehead atoms. The van der Waals surface area contributed by atoms with Crippen molar-refractivity contribution in [2.24, 2.45) is 11.8 Å². The van der Waals surface area contributed by atoms with Crippen LogP contribution in [0.4, 0.5) is 17.2 Å². The number of aromatic nitrogens is 4. The summed E-state index contributed by atoms with van der Waals surface area (Å²) in [6.07, 6.45) is 3.40. The fourth-order valence-corrected chi connectivity index (χ4v) is 3.33. The number of pyridine rings is 1. The summed E-state index contributed by atoms with van der Waals surface area (Å²) in [5.74, 6) is -1.15. The molecule has 1 fully saturated rings. The van der Waals surface area contributed by atoms with E-state index in [-0.39, 0.29) is 12.0 Å². The fraction of sp³-hybridized carbons (Fsp3) is 0.364. The Hall–Kier alpha value is -4.02. The van der Waals surface area contributed by atoms with E-state index in [1.807, 2.05) is 13.8 Å². The van der Waals surface area contributed by atoms with Gasteiger partial charge in [0.05, 0.1) is 41.7 Å². The number of aliphatic carboxylic acids is 1. The highest BCUT2D eigenvalue weighted by atomic mass is 16.5. The standard InChI is InChI=1S/C22H24N6O5/c1-10(2)32-18-9-23-8-17(26-18)27-19-12(4)28-33-20(19)16-6-5-15(11(3)24-16)25-21(29)13-7-14(13)22(30)31/h5-6,8-10,13-14H,7H2,1-4H3,(H,25,29)(H,26,27)(H,30,31)/t13-,14-/m1/s1. The first kappa shape index (κ1) is 22.2. The Morgan fingerprint density at radius 2 is 1.94 bits per heavy atom. The molecule has 0 unspecified atom stereocenters. The van der Waals surface area contributed by atoms with Crippen LogP contribution in [0.1, 0.15) is 31.7 Å². The highest BCUT2D eigenvalue weighted by Crippen LogP contribution is 2.40. The van der Waals surface area contributed by atoms with Gasteiger partial charge in [0.2, 0.25) is 17.5 Å². The molecular weight excluding hydrogens is 428 g/mol. The molecule has 2 atom stereocenters. The van der Waals surface area contributed by atoms with Gasteiger partial charge in [-0.05, 0) is 46.2 Å². The molecule has 1 saturated carbocycles. The third-order valence-corrected chi connectivity index (χ3v) is 5.11. The van der Waals surface area contributed by atoms with E-state index in [0.29, 0.717) is 52.3 Å². The van der Waals surface area contributed by atoms with E-state index in [0.717, 1.165) is 0 Å². The number of amides is 1. The van der Waals surface area contributed by atoms with Gasteiger partial charge in [-0.25, -0.2) is 4.98 Å². The van der Waals surface area contributed by atoms with Crippen molar-refractivity contribution in [3.05, 3.63) is 35.9 Å².